The third-order valence-electron chi connectivity index (χ3n) is 4.56. The first kappa shape index (κ1) is 20.7. The molecule has 27 heavy (non-hydrogen) atoms. The van der Waals surface area contributed by atoms with Crippen molar-refractivity contribution < 1.29 is 19.1 Å². The molecule has 0 aliphatic carbocycles. The van der Waals surface area contributed by atoms with Crippen LogP contribution in [0.5, 0.6) is 0 Å². The molecule has 1 aliphatic heterocycles. The number of carbonyl (C=O) groups excluding carboxylic acids is 3. The highest BCUT2D eigenvalue weighted by Crippen LogP contribution is 2.23. The molecule has 0 spiro atoms. The van der Waals surface area contributed by atoms with E-state index in [-0.39, 0.29) is 36.3 Å². The molecule has 0 bridgehead atoms. The number of hydrogen-bond acceptors (Lipinski definition) is 4. The monoisotopic (exact) mass is 375 g/mol. The van der Waals surface area contributed by atoms with Crippen LogP contribution in [0.25, 0.3) is 0 Å². The minimum Gasteiger partial charge on any atom is -0.450 e. The van der Waals surface area contributed by atoms with Gasteiger partial charge in [0, 0.05) is 24.8 Å². The Kier molecular flexibility index (Phi) is 7.64. The van der Waals surface area contributed by atoms with E-state index in [1.54, 1.807) is 11.8 Å². The van der Waals surface area contributed by atoms with Gasteiger partial charge in [-0.25, -0.2) is 4.79 Å². The highest BCUT2D eigenvalue weighted by molar-refractivity contribution is 6.04. The predicted octanol–water partition coefficient (Wildman–Crippen LogP) is 2.88. The number of nitrogens with one attached hydrogen (secondary N) is 2. The van der Waals surface area contributed by atoms with Crippen LogP contribution in [0.4, 0.5) is 10.5 Å². The van der Waals surface area contributed by atoms with Crippen molar-refractivity contribution in [3.05, 3.63) is 29.8 Å². The maximum absolute atomic E-state index is 12.2. The van der Waals surface area contributed by atoms with Gasteiger partial charge >= 0.3 is 6.09 Å². The zero-order valence-corrected chi connectivity index (χ0v) is 16.3. The van der Waals surface area contributed by atoms with Gasteiger partial charge in [0.25, 0.3) is 0 Å². The maximum Gasteiger partial charge on any atom is 0.409 e. The first-order chi connectivity index (χ1) is 12.9. The number of carbonyl (C=O) groups is 3. The van der Waals surface area contributed by atoms with Gasteiger partial charge in [-0.1, -0.05) is 32.0 Å². The van der Waals surface area contributed by atoms with Crippen LogP contribution >= 0.6 is 0 Å². The number of para-hydroxylation sites is 1. The molecule has 1 heterocycles. The van der Waals surface area contributed by atoms with Crippen molar-refractivity contribution >= 4 is 23.6 Å². The Labute approximate surface area is 160 Å². The zero-order chi connectivity index (χ0) is 19.8. The quantitative estimate of drug-likeness (QED) is 0.749. The fourth-order valence-electron chi connectivity index (χ4n) is 3.15. The van der Waals surface area contributed by atoms with E-state index < -0.39 is 0 Å². The van der Waals surface area contributed by atoms with E-state index in [4.69, 9.17) is 4.74 Å². The molecule has 0 radical (unpaired) electrons. The number of nitrogens with zero attached hydrogens (tertiary/aromatic N) is 1. The van der Waals surface area contributed by atoms with E-state index in [2.05, 4.69) is 24.5 Å². The van der Waals surface area contributed by atoms with Crippen LogP contribution in [-0.4, -0.2) is 48.5 Å². The third-order valence-corrected chi connectivity index (χ3v) is 4.56. The average molecular weight is 375 g/mol. The van der Waals surface area contributed by atoms with Gasteiger partial charge in [-0.2, -0.15) is 0 Å². The van der Waals surface area contributed by atoms with Crippen LogP contribution < -0.4 is 10.6 Å². The molecule has 7 nitrogen and oxygen atoms in total. The van der Waals surface area contributed by atoms with Crippen LogP contribution in [-0.2, 0) is 14.3 Å². The van der Waals surface area contributed by atoms with Gasteiger partial charge in [-0.15, -0.1) is 0 Å². The molecule has 0 aromatic heterocycles. The van der Waals surface area contributed by atoms with E-state index >= 15 is 0 Å². The van der Waals surface area contributed by atoms with Gasteiger partial charge in [0.05, 0.1) is 6.61 Å². The number of likely N-dealkylation sites (tertiary alicyclic amines) is 1. The number of anilines is 1. The Bertz CT molecular complexity index is 667. The summed E-state index contributed by atoms with van der Waals surface area (Å²) in [6.07, 6.45) is 0.778. The molecule has 0 unspecified atom stereocenters. The Hall–Kier alpha value is -2.57. The Morgan fingerprint density at radius 1 is 1.15 bits per heavy atom. The summed E-state index contributed by atoms with van der Waals surface area (Å²) < 4.78 is 4.98. The lowest BCUT2D eigenvalue weighted by Gasteiger charge is -2.31. The number of amides is 3. The van der Waals surface area contributed by atoms with Gasteiger partial charge in [0.2, 0.25) is 11.8 Å². The fraction of sp³-hybridized carbons (Fsp3) is 0.550. The molecule has 148 valence electrons. The van der Waals surface area contributed by atoms with Crippen LogP contribution in [0.3, 0.4) is 0 Å². The summed E-state index contributed by atoms with van der Waals surface area (Å²) in [7, 11) is 0. The maximum atomic E-state index is 12.2. The lowest BCUT2D eigenvalue weighted by Crippen LogP contribution is -2.47. The largest absolute Gasteiger partial charge is 0.450 e. The summed E-state index contributed by atoms with van der Waals surface area (Å²) in [6.45, 7) is 7.32. The molecule has 1 saturated heterocycles. The molecule has 0 saturated carbocycles. The van der Waals surface area contributed by atoms with Crippen molar-refractivity contribution in [2.75, 3.05) is 25.0 Å². The lowest BCUT2D eigenvalue weighted by atomic mass is 10.0. The topological polar surface area (TPSA) is 87.7 Å². The minimum atomic E-state index is -0.329. The molecule has 2 rings (SSSR count). The fourth-order valence-corrected chi connectivity index (χ4v) is 3.15. The van der Waals surface area contributed by atoms with Gasteiger partial charge in [-0.05, 0) is 37.3 Å². The summed E-state index contributed by atoms with van der Waals surface area (Å²) in [4.78, 5) is 37.7. The minimum absolute atomic E-state index is 0.0288. The Morgan fingerprint density at radius 3 is 2.44 bits per heavy atom. The molecular weight excluding hydrogens is 346 g/mol. The SMILES string of the molecule is CCOC(=O)N1CCC(NC(=O)CC(=O)Nc2ccccc2C(C)C)CC1. The Morgan fingerprint density at radius 2 is 1.81 bits per heavy atom. The normalized spacial score (nSPS) is 14.7. The second-order valence-corrected chi connectivity index (χ2v) is 6.99. The van der Waals surface area contributed by atoms with E-state index in [0.29, 0.717) is 32.5 Å². The molecule has 1 aromatic carbocycles. The highest BCUT2D eigenvalue weighted by Gasteiger charge is 2.25. The molecule has 0 atom stereocenters. The number of rotatable bonds is 6. The number of hydrogen-bond donors (Lipinski definition) is 2. The number of piperidine rings is 1. The summed E-state index contributed by atoms with van der Waals surface area (Å²) in [6, 6.07) is 7.58. The molecular formula is C20H29N3O4. The van der Waals surface area contributed by atoms with Gasteiger partial charge < -0.3 is 20.3 Å². The summed E-state index contributed by atoms with van der Waals surface area (Å²) in [5, 5.41) is 5.71. The highest BCUT2D eigenvalue weighted by atomic mass is 16.6. The van der Waals surface area contributed by atoms with Crippen LogP contribution in [0.15, 0.2) is 24.3 Å². The standard InChI is InChI=1S/C20H29N3O4/c1-4-27-20(26)23-11-9-15(10-12-23)21-18(24)13-19(25)22-17-8-6-5-7-16(17)14(2)3/h5-8,14-15H,4,9-13H2,1-3H3,(H,21,24)(H,22,25). The van der Waals surface area contributed by atoms with E-state index in [0.717, 1.165) is 11.3 Å². The van der Waals surface area contributed by atoms with E-state index in [1.165, 1.54) is 0 Å². The first-order valence-electron chi connectivity index (χ1n) is 9.50. The van der Waals surface area contributed by atoms with Crippen molar-refractivity contribution in [1.29, 1.82) is 0 Å². The molecule has 1 fully saturated rings. The van der Waals surface area contributed by atoms with Crippen molar-refractivity contribution in [3.63, 3.8) is 0 Å². The van der Waals surface area contributed by atoms with E-state index in [9.17, 15) is 14.4 Å². The van der Waals surface area contributed by atoms with Crippen molar-refractivity contribution in [2.45, 2.75) is 52.0 Å². The molecule has 1 aromatic rings. The molecule has 3 amide bonds. The third kappa shape index (κ3) is 6.27. The van der Waals surface area contributed by atoms with Crippen molar-refractivity contribution in [1.82, 2.24) is 10.2 Å². The summed E-state index contributed by atoms with van der Waals surface area (Å²) in [5.41, 5.74) is 1.78. The number of benzene rings is 1. The molecule has 2 N–H and O–H groups in total. The van der Waals surface area contributed by atoms with Crippen molar-refractivity contribution in [2.24, 2.45) is 0 Å². The summed E-state index contributed by atoms with van der Waals surface area (Å²) in [5.74, 6) is -0.353. The smallest absolute Gasteiger partial charge is 0.409 e. The van der Waals surface area contributed by atoms with Gasteiger partial charge in [0.15, 0.2) is 0 Å². The van der Waals surface area contributed by atoms with E-state index in [1.807, 2.05) is 24.3 Å². The second kappa shape index (κ2) is 9.94. The van der Waals surface area contributed by atoms with Crippen LogP contribution in [0, 0.1) is 0 Å². The van der Waals surface area contributed by atoms with Crippen LogP contribution in [0.2, 0.25) is 0 Å². The number of ether oxygens (including phenoxy) is 1. The summed E-state index contributed by atoms with van der Waals surface area (Å²) >= 11 is 0. The average Bonchev–Trinajstić information content (AvgIpc) is 2.62. The van der Waals surface area contributed by atoms with Crippen molar-refractivity contribution in [3.8, 4) is 0 Å². The van der Waals surface area contributed by atoms with Gasteiger partial charge in [0.1, 0.15) is 6.42 Å². The second-order valence-electron chi connectivity index (χ2n) is 6.99. The molecule has 7 heteroatoms. The van der Waals surface area contributed by atoms with Gasteiger partial charge in [-0.3, -0.25) is 9.59 Å². The van der Waals surface area contributed by atoms with Crippen LogP contribution in [0.1, 0.15) is 51.5 Å². The Balaban J connectivity index is 1.78. The lowest BCUT2D eigenvalue weighted by molar-refractivity contribution is -0.127. The zero-order valence-electron chi connectivity index (χ0n) is 16.3. The predicted molar refractivity (Wildman–Crippen MR) is 104 cm³/mol. The first-order valence-corrected chi connectivity index (χ1v) is 9.50. The molecule has 1 aliphatic rings.